The van der Waals surface area contributed by atoms with Crippen molar-refractivity contribution in [3.63, 3.8) is 0 Å². The van der Waals surface area contributed by atoms with Gasteiger partial charge in [0, 0.05) is 46.7 Å². The monoisotopic (exact) mass is 493 g/mol. The molecular weight excluding hydrogens is 466 g/mol. The van der Waals surface area contributed by atoms with Gasteiger partial charge in [-0.15, -0.1) is 11.8 Å². The van der Waals surface area contributed by atoms with E-state index in [0.29, 0.717) is 30.2 Å². The Balaban J connectivity index is 1.36. The quantitative estimate of drug-likeness (QED) is 0.390. The van der Waals surface area contributed by atoms with Gasteiger partial charge in [0.05, 0.1) is 0 Å². The fourth-order valence-electron chi connectivity index (χ4n) is 4.13. The van der Waals surface area contributed by atoms with Crippen LogP contribution in [-0.4, -0.2) is 36.2 Å². The number of anilines is 1. The Kier molecular flexibility index (Phi) is 8.14. The molecule has 3 aromatic rings. The first kappa shape index (κ1) is 24.2. The van der Waals surface area contributed by atoms with Gasteiger partial charge in [0.2, 0.25) is 0 Å². The van der Waals surface area contributed by atoms with Gasteiger partial charge in [0.1, 0.15) is 0 Å². The van der Waals surface area contributed by atoms with Crippen molar-refractivity contribution in [1.82, 2.24) is 10.2 Å². The molecule has 0 radical (unpaired) electrons. The van der Waals surface area contributed by atoms with Gasteiger partial charge < -0.3 is 15.5 Å². The molecule has 1 saturated heterocycles. The van der Waals surface area contributed by atoms with Crippen molar-refractivity contribution in [3.8, 4) is 0 Å². The number of hydrogen-bond acceptors (Lipinski definition) is 3. The minimum Gasteiger partial charge on any atom is -0.348 e. The number of thioether (sulfide) groups is 1. The van der Waals surface area contributed by atoms with Gasteiger partial charge in [-0.3, -0.25) is 4.79 Å². The Labute approximate surface area is 209 Å². The van der Waals surface area contributed by atoms with Crippen LogP contribution in [0, 0.1) is 0 Å². The Morgan fingerprint density at radius 3 is 2.56 bits per heavy atom. The van der Waals surface area contributed by atoms with Gasteiger partial charge >= 0.3 is 6.03 Å². The number of likely N-dealkylation sites (tertiary alicyclic amines) is 1. The maximum absolute atomic E-state index is 12.8. The minimum absolute atomic E-state index is 0.0936. The van der Waals surface area contributed by atoms with Crippen LogP contribution in [0.5, 0.6) is 0 Å². The third kappa shape index (κ3) is 6.33. The van der Waals surface area contributed by atoms with E-state index in [4.69, 9.17) is 11.6 Å². The maximum Gasteiger partial charge on any atom is 0.321 e. The smallest absolute Gasteiger partial charge is 0.321 e. The fraction of sp³-hybridized carbons (Fsp3) is 0.259. The van der Waals surface area contributed by atoms with E-state index in [1.165, 1.54) is 4.90 Å². The molecule has 3 aromatic carbocycles. The zero-order valence-corrected chi connectivity index (χ0v) is 20.7. The number of amides is 3. The van der Waals surface area contributed by atoms with Crippen LogP contribution in [0.2, 0.25) is 5.02 Å². The SMILES string of the molecule is CSc1ccc(CNC(=O)c2cccc([C@@H]3CCCN(C(=O)Nc4ccc(Cl)cc4)C3)c2)cc1. The topological polar surface area (TPSA) is 61.4 Å². The van der Waals surface area contributed by atoms with Crippen molar-refractivity contribution in [1.29, 1.82) is 0 Å². The average Bonchev–Trinajstić information content (AvgIpc) is 2.89. The molecule has 1 fully saturated rings. The molecule has 4 rings (SSSR count). The summed E-state index contributed by atoms with van der Waals surface area (Å²) in [6, 6.07) is 22.9. The highest BCUT2D eigenvalue weighted by molar-refractivity contribution is 7.98. The molecule has 0 bridgehead atoms. The lowest BCUT2D eigenvalue weighted by atomic mass is 9.89. The average molecular weight is 494 g/mol. The number of benzene rings is 3. The van der Waals surface area contributed by atoms with E-state index in [1.807, 2.05) is 47.6 Å². The van der Waals surface area contributed by atoms with Crippen molar-refractivity contribution in [2.75, 3.05) is 24.7 Å². The summed E-state index contributed by atoms with van der Waals surface area (Å²) in [6.07, 6.45) is 3.94. The number of rotatable bonds is 6. The lowest BCUT2D eigenvalue weighted by Crippen LogP contribution is -2.41. The van der Waals surface area contributed by atoms with Gasteiger partial charge in [0.15, 0.2) is 0 Å². The molecule has 0 spiro atoms. The molecule has 1 aliphatic heterocycles. The molecule has 2 N–H and O–H groups in total. The van der Waals surface area contributed by atoms with Crippen LogP contribution in [0.4, 0.5) is 10.5 Å². The van der Waals surface area contributed by atoms with E-state index in [9.17, 15) is 9.59 Å². The first-order valence-corrected chi connectivity index (χ1v) is 12.9. The zero-order valence-electron chi connectivity index (χ0n) is 19.1. The van der Waals surface area contributed by atoms with Crippen molar-refractivity contribution < 1.29 is 9.59 Å². The number of nitrogens with one attached hydrogen (secondary N) is 2. The number of carbonyl (C=O) groups is 2. The Morgan fingerprint density at radius 1 is 1.06 bits per heavy atom. The number of carbonyl (C=O) groups excluding carboxylic acids is 2. The molecule has 0 aliphatic carbocycles. The van der Waals surface area contributed by atoms with Gasteiger partial charge in [-0.05, 0) is 78.8 Å². The summed E-state index contributed by atoms with van der Waals surface area (Å²) in [6.45, 7) is 1.82. The number of piperidine rings is 1. The van der Waals surface area contributed by atoms with Crippen LogP contribution < -0.4 is 10.6 Å². The summed E-state index contributed by atoms with van der Waals surface area (Å²) in [7, 11) is 0. The first-order valence-electron chi connectivity index (χ1n) is 11.3. The molecule has 1 heterocycles. The van der Waals surface area contributed by atoms with Crippen LogP contribution in [0.25, 0.3) is 0 Å². The number of hydrogen-bond donors (Lipinski definition) is 2. The largest absolute Gasteiger partial charge is 0.348 e. The lowest BCUT2D eigenvalue weighted by molar-refractivity contribution is 0.0950. The van der Waals surface area contributed by atoms with Crippen LogP contribution in [-0.2, 0) is 6.54 Å². The lowest BCUT2D eigenvalue weighted by Gasteiger charge is -2.33. The van der Waals surface area contributed by atoms with Gasteiger partial charge in [-0.1, -0.05) is 35.9 Å². The van der Waals surface area contributed by atoms with Crippen LogP contribution in [0.3, 0.4) is 0 Å². The van der Waals surface area contributed by atoms with E-state index >= 15 is 0 Å². The normalized spacial score (nSPS) is 15.6. The Bertz CT molecular complexity index is 1140. The molecule has 34 heavy (non-hydrogen) atoms. The summed E-state index contributed by atoms with van der Waals surface area (Å²) >= 11 is 7.62. The second-order valence-corrected chi connectivity index (χ2v) is 9.69. The van der Waals surface area contributed by atoms with E-state index in [1.54, 1.807) is 36.0 Å². The molecule has 7 heteroatoms. The van der Waals surface area contributed by atoms with Crippen LogP contribution >= 0.6 is 23.4 Å². The standard InChI is InChI=1S/C27H28ClN3O2S/c1-34-25-13-7-19(8-14-25)17-29-26(32)21-5-2-4-20(16-21)22-6-3-15-31(18-22)27(33)30-24-11-9-23(28)10-12-24/h2,4-5,7-14,16,22H,3,6,15,17-18H2,1H3,(H,29,32)(H,30,33)/t22-/m1/s1. The Hall–Kier alpha value is -2.96. The highest BCUT2D eigenvalue weighted by Gasteiger charge is 2.25. The minimum atomic E-state index is -0.117. The van der Waals surface area contributed by atoms with Gasteiger partial charge in [-0.2, -0.15) is 0 Å². The summed E-state index contributed by atoms with van der Waals surface area (Å²) in [5, 5.41) is 6.59. The molecule has 0 saturated carbocycles. The first-order chi connectivity index (χ1) is 16.5. The van der Waals surface area contributed by atoms with E-state index in [2.05, 4.69) is 22.8 Å². The van der Waals surface area contributed by atoms with Gasteiger partial charge in [-0.25, -0.2) is 4.79 Å². The van der Waals surface area contributed by atoms with Crippen LogP contribution in [0.1, 0.15) is 40.2 Å². The van der Waals surface area contributed by atoms with Crippen molar-refractivity contribution in [2.24, 2.45) is 0 Å². The second kappa shape index (κ2) is 11.4. The molecule has 5 nitrogen and oxygen atoms in total. The van der Waals surface area contributed by atoms with E-state index in [-0.39, 0.29) is 17.9 Å². The summed E-state index contributed by atoms with van der Waals surface area (Å²) in [5.41, 5.74) is 3.51. The van der Waals surface area contributed by atoms with Crippen molar-refractivity contribution in [3.05, 3.63) is 94.5 Å². The Morgan fingerprint density at radius 2 is 1.82 bits per heavy atom. The molecule has 0 aromatic heterocycles. The highest BCUT2D eigenvalue weighted by atomic mass is 35.5. The molecule has 1 atom stereocenters. The third-order valence-electron chi connectivity index (χ3n) is 6.04. The fourth-order valence-corrected chi connectivity index (χ4v) is 4.67. The number of urea groups is 1. The highest BCUT2D eigenvalue weighted by Crippen LogP contribution is 2.28. The molecular formula is C27H28ClN3O2S. The molecule has 1 aliphatic rings. The zero-order chi connectivity index (χ0) is 23.9. The number of halogens is 1. The predicted molar refractivity (Wildman–Crippen MR) is 140 cm³/mol. The molecule has 0 unspecified atom stereocenters. The second-order valence-electron chi connectivity index (χ2n) is 8.38. The van der Waals surface area contributed by atoms with Gasteiger partial charge in [0.25, 0.3) is 5.91 Å². The predicted octanol–water partition coefficient (Wildman–Crippen LogP) is 6.40. The number of nitrogens with zero attached hydrogens (tertiary/aromatic N) is 1. The molecule has 3 amide bonds. The third-order valence-corrected chi connectivity index (χ3v) is 7.03. The maximum atomic E-state index is 12.8. The van der Waals surface area contributed by atoms with E-state index in [0.717, 1.165) is 29.7 Å². The molecule has 176 valence electrons. The summed E-state index contributed by atoms with van der Waals surface area (Å²) in [4.78, 5) is 28.6. The summed E-state index contributed by atoms with van der Waals surface area (Å²) in [5.74, 6) is 0.0977. The van der Waals surface area contributed by atoms with Crippen molar-refractivity contribution in [2.45, 2.75) is 30.2 Å². The van der Waals surface area contributed by atoms with Crippen molar-refractivity contribution >= 4 is 41.0 Å². The van der Waals surface area contributed by atoms with E-state index < -0.39 is 0 Å². The summed E-state index contributed by atoms with van der Waals surface area (Å²) < 4.78 is 0. The van der Waals surface area contributed by atoms with Crippen LogP contribution in [0.15, 0.2) is 77.7 Å².